The fraction of sp³-hybridized carbons (Fsp3) is 0.562. The highest BCUT2D eigenvalue weighted by Gasteiger charge is 2.14. The largest absolute Gasteiger partial charge is 0.478 e. The number of ether oxygens (including phenoxy) is 1. The normalized spacial score (nSPS) is 16.1. The van der Waals surface area contributed by atoms with E-state index >= 15 is 0 Å². The van der Waals surface area contributed by atoms with Crippen LogP contribution in [0.5, 0.6) is 0 Å². The Bertz CT molecular complexity index is 453. The van der Waals surface area contributed by atoms with Gasteiger partial charge in [-0.3, -0.25) is 0 Å². The summed E-state index contributed by atoms with van der Waals surface area (Å²) in [5, 5.41) is 12.4. The summed E-state index contributed by atoms with van der Waals surface area (Å²) >= 11 is 0. The highest BCUT2D eigenvalue weighted by molar-refractivity contribution is 5.95. The van der Waals surface area contributed by atoms with E-state index in [9.17, 15) is 9.90 Å². The van der Waals surface area contributed by atoms with Crippen molar-refractivity contribution >= 4 is 11.7 Å². The minimum Gasteiger partial charge on any atom is -0.478 e. The van der Waals surface area contributed by atoms with E-state index in [4.69, 9.17) is 4.74 Å². The Balaban J connectivity index is 1.83. The van der Waals surface area contributed by atoms with Gasteiger partial charge in [0.25, 0.3) is 0 Å². The number of benzene rings is 1. The van der Waals surface area contributed by atoms with Crippen molar-refractivity contribution in [2.24, 2.45) is 0 Å². The van der Waals surface area contributed by atoms with Gasteiger partial charge >= 0.3 is 5.97 Å². The van der Waals surface area contributed by atoms with Crippen molar-refractivity contribution in [1.29, 1.82) is 0 Å². The molecule has 4 nitrogen and oxygen atoms in total. The molecule has 0 unspecified atom stereocenters. The first-order valence-electron chi connectivity index (χ1n) is 7.37. The van der Waals surface area contributed by atoms with Crippen molar-refractivity contribution in [1.82, 2.24) is 0 Å². The second-order valence-electron chi connectivity index (χ2n) is 5.36. The number of rotatable bonds is 6. The van der Waals surface area contributed by atoms with Crippen molar-refractivity contribution in [3.63, 3.8) is 0 Å². The second-order valence-corrected chi connectivity index (χ2v) is 5.36. The number of hydrogen-bond acceptors (Lipinski definition) is 3. The van der Waals surface area contributed by atoms with Crippen LogP contribution in [0.25, 0.3) is 0 Å². The first-order valence-corrected chi connectivity index (χ1v) is 7.37. The quantitative estimate of drug-likeness (QED) is 0.782. The lowest BCUT2D eigenvalue weighted by atomic mass is 9.98. The van der Waals surface area contributed by atoms with Crippen LogP contribution in [0.3, 0.4) is 0 Å². The minimum atomic E-state index is -0.899. The molecule has 0 radical (unpaired) electrons. The molecule has 0 aliphatic heterocycles. The Morgan fingerprint density at radius 2 is 2.10 bits per heavy atom. The van der Waals surface area contributed by atoms with Gasteiger partial charge < -0.3 is 15.2 Å². The molecule has 20 heavy (non-hydrogen) atoms. The fourth-order valence-electron chi connectivity index (χ4n) is 2.71. The molecule has 0 saturated heterocycles. The third-order valence-corrected chi connectivity index (χ3v) is 3.81. The molecule has 0 spiro atoms. The van der Waals surface area contributed by atoms with E-state index in [2.05, 4.69) is 5.32 Å². The molecule has 1 saturated carbocycles. The van der Waals surface area contributed by atoms with Gasteiger partial charge in [0, 0.05) is 6.54 Å². The summed E-state index contributed by atoms with van der Waals surface area (Å²) in [4.78, 5) is 11.2. The van der Waals surface area contributed by atoms with E-state index in [-0.39, 0.29) is 0 Å². The summed E-state index contributed by atoms with van der Waals surface area (Å²) in [7, 11) is 0. The number of nitrogens with one attached hydrogen (secondary N) is 1. The van der Waals surface area contributed by atoms with Crippen LogP contribution in [-0.4, -0.2) is 30.3 Å². The van der Waals surface area contributed by atoms with Crippen molar-refractivity contribution in [2.45, 2.75) is 45.1 Å². The Labute approximate surface area is 120 Å². The first-order chi connectivity index (χ1) is 9.68. The van der Waals surface area contributed by atoms with Crippen molar-refractivity contribution in [3.05, 3.63) is 29.3 Å². The standard InChI is InChI=1S/C16H23NO3/c1-12-6-5-9-14(16(18)19)15(12)17-10-11-20-13-7-3-2-4-8-13/h5-6,9,13,17H,2-4,7-8,10-11H2,1H3,(H,18,19). The summed E-state index contributed by atoms with van der Waals surface area (Å²) < 4.78 is 5.83. The third kappa shape index (κ3) is 3.97. The lowest BCUT2D eigenvalue weighted by Crippen LogP contribution is -2.21. The van der Waals surface area contributed by atoms with Crippen molar-refractivity contribution < 1.29 is 14.6 Å². The number of carbonyl (C=O) groups is 1. The molecule has 1 aliphatic rings. The van der Waals surface area contributed by atoms with Gasteiger partial charge in [0.15, 0.2) is 0 Å². The summed E-state index contributed by atoms with van der Waals surface area (Å²) in [6.45, 7) is 3.18. The average molecular weight is 277 g/mol. The van der Waals surface area contributed by atoms with Gasteiger partial charge in [0.1, 0.15) is 0 Å². The molecule has 0 heterocycles. The van der Waals surface area contributed by atoms with Gasteiger partial charge in [-0.1, -0.05) is 31.4 Å². The van der Waals surface area contributed by atoms with Gasteiger partial charge in [0.05, 0.1) is 24.0 Å². The van der Waals surface area contributed by atoms with Crippen LogP contribution in [0.1, 0.15) is 48.0 Å². The van der Waals surface area contributed by atoms with Gasteiger partial charge in [-0.05, 0) is 31.4 Å². The van der Waals surface area contributed by atoms with Gasteiger partial charge in [-0.15, -0.1) is 0 Å². The van der Waals surface area contributed by atoms with Crippen LogP contribution in [0.2, 0.25) is 0 Å². The van der Waals surface area contributed by atoms with Gasteiger partial charge in [0.2, 0.25) is 0 Å². The second kappa shape index (κ2) is 7.29. The number of carboxylic acid groups (broad SMARTS) is 1. The highest BCUT2D eigenvalue weighted by Crippen LogP contribution is 2.21. The molecule has 1 fully saturated rings. The van der Waals surface area contributed by atoms with Gasteiger partial charge in [-0.25, -0.2) is 4.79 Å². The van der Waals surface area contributed by atoms with Crippen LogP contribution < -0.4 is 5.32 Å². The molecule has 110 valence electrons. The molecular weight excluding hydrogens is 254 g/mol. The SMILES string of the molecule is Cc1cccc(C(=O)O)c1NCCOC1CCCCC1. The van der Waals surface area contributed by atoms with E-state index < -0.39 is 5.97 Å². The van der Waals surface area contributed by atoms with Crippen LogP contribution in [0.4, 0.5) is 5.69 Å². The Hall–Kier alpha value is -1.55. The molecule has 1 aliphatic carbocycles. The molecule has 2 N–H and O–H groups in total. The van der Waals surface area contributed by atoms with E-state index in [1.807, 2.05) is 13.0 Å². The van der Waals surface area contributed by atoms with E-state index in [1.165, 1.54) is 19.3 Å². The lowest BCUT2D eigenvalue weighted by Gasteiger charge is -2.22. The molecule has 1 aromatic carbocycles. The maximum absolute atomic E-state index is 11.2. The average Bonchev–Trinajstić information content (AvgIpc) is 2.45. The summed E-state index contributed by atoms with van der Waals surface area (Å²) in [5.41, 5.74) is 1.97. The first kappa shape index (κ1) is 14.9. The monoisotopic (exact) mass is 277 g/mol. The van der Waals surface area contributed by atoms with Crippen molar-refractivity contribution in [3.8, 4) is 0 Å². The Morgan fingerprint density at radius 3 is 2.80 bits per heavy atom. The highest BCUT2D eigenvalue weighted by atomic mass is 16.5. The van der Waals surface area contributed by atoms with E-state index in [0.717, 1.165) is 18.4 Å². The summed E-state index contributed by atoms with van der Waals surface area (Å²) in [5.74, 6) is -0.899. The van der Waals surface area contributed by atoms with Crippen LogP contribution >= 0.6 is 0 Å². The van der Waals surface area contributed by atoms with Crippen LogP contribution in [0, 0.1) is 6.92 Å². The smallest absolute Gasteiger partial charge is 0.337 e. The predicted molar refractivity (Wildman–Crippen MR) is 79.5 cm³/mol. The zero-order chi connectivity index (χ0) is 14.4. The number of anilines is 1. The third-order valence-electron chi connectivity index (χ3n) is 3.81. The Kier molecular flexibility index (Phi) is 5.41. The minimum absolute atomic E-state index is 0.322. The fourth-order valence-corrected chi connectivity index (χ4v) is 2.71. The molecule has 0 bridgehead atoms. The summed E-state index contributed by atoms with van der Waals surface area (Å²) in [6.07, 6.45) is 6.55. The molecule has 0 atom stereocenters. The number of hydrogen-bond donors (Lipinski definition) is 2. The zero-order valence-corrected chi connectivity index (χ0v) is 12.0. The predicted octanol–water partition coefficient (Wildman–Crippen LogP) is 3.45. The molecule has 1 aromatic rings. The molecule has 0 amide bonds. The van der Waals surface area contributed by atoms with Crippen LogP contribution in [0.15, 0.2) is 18.2 Å². The molecule has 0 aromatic heterocycles. The van der Waals surface area contributed by atoms with Gasteiger partial charge in [-0.2, -0.15) is 0 Å². The zero-order valence-electron chi connectivity index (χ0n) is 12.0. The lowest BCUT2D eigenvalue weighted by molar-refractivity contribution is 0.0347. The summed E-state index contributed by atoms with van der Waals surface area (Å²) in [6, 6.07) is 5.30. The Morgan fingerprint density at radius 1 is 1.35 bits per heavy atom. The number of aryl methyl sites for hydroxylation is 1. The van der Waals surface area contributed by atoms with E-state index in [1.54, 1.807) is 12.1 Å². The van der Waals surface area contributed by atoms with Crippen LogP contribution in [-0.2, 0) is 4.74 Å². The topological polar surface area (TPSA) is 58.6 Å². The van der Waals surface area contributed by atoms with E-state index in [0.29, 0.717) is 30.5 Å². The number of para-hydroxylation sites is 1. The number of carboxylic acids is 1. The maximum atomic E-state index is 11.2. The number of aromatic carboxylic acids is 1. The molecule has 2 rings (SSSR count). The molecule has 4 heteroatoms. The van der Waals surface area contributed by atoms with Crippen molar-refractivity contribution in [2.75, 3.05) is 18.5 Å². The maximum Gasteiger partial charge on any atom is 0.337 e. The molecular formula is C16H23NO3.